The number of nitrogens with zero attached hydrogens (tertiary/aromatic N) is 1. The molecule has 5 nitrogen and oxygen atoms in total. The highest BCUT2D eigenvalue weighted by molar-refractivity contribution is 7.89. The molecule has 114 valence electrons. The van der Waals surface area contributed by atoms with Gasteiger partial charge in [-0.3, -0.25) is 4.79 Å². The molecule has 6 heteroatoms. The van der Waals surface area contributed by atoms with Crippen LogP contribution < -0.4 is 0 Å². The number of hydrogen-bond donors (Lipinski definition) is 1. The van der Waals surface area contributed by atoms with E-state index in [0.717, 1.165) is 5.56 Å². The Morgan fingerprint density at radius 3 is 2.52 bits per heavy atom. The van der Waals surface area contributed by atoms with Crippen LogP contribution in [-0.4, -0.2) is 36.4 Å². The molecule has 0 radical (unpaired) electrons. The number of carboxylic acids is 1. The number of carboxylic acid groups (broad SMARTS) is 1. The number of rotatable bonds is 4. The van der Waals surface area contributed by atoms with Crippen LogP contribution in [0.15, 0.2) is 35.7 Å². The molecule has 21 heavy (non-hydrogen) atoms. The van der Waals surface area contributed by atoms with E-state index in [1.54, 1.807) is 25.1 Å². The van der Waals surface area contributed by atoms with Crippen molar-refractivity contribution < 1.29 is 18.3 Å². The molecule has 1 N–H and O–H groups in total. The van der Waals surface area contributed by atoms with Crippen LogP contribution in [0.25, 0.3) is 6.08 Å². The topological polar surface area (TPSA) is 74.7 Å². The molecule has 1 aliphatic heterocycles. The first-order chi connectivity index (χ1) is 9.87. The Hall–Kier alpha value is -1.66. The van der Waals surface area contributed by atoms with Crippen LogP contribution in [0.1, 0.15) is 25.3 Å². The summed E-state index contributed by atoms with van der Waals surface area (Å²) in [7, 11) is -3.67. The summed E-state index contributed by atoms with van der Waals surface area (Å²) in [5.41, 5.74) is 0.837. The summed E-state index contributed by atoms with van der Waals surface area (Å²) in [5.74, 6) is -1.59. The maximum Gasteiger partial charge on any atom is 0.308 e. The lowest BCUT2D eigenvalue weighted by atomic mass is 9.92. The van der Waals surface area contributed by atoms with Crippen molar-refractivity contribution in [3.05, 3.63) is 36.4 Å². The van der Waals surface area contributed by atoms with Gasteiger partial charge >= 0.3 is 5.97 Å². The number of piperidine rings is 1. The summed E-state index contributed by atoms with van der Waals surface area (Å²) >= 11 is 0. The quantitative estimate of drug-likeness (QED) is 0.925. The van der Waals surface area contributed by atoms with E-state index < -0.39 is 28.0 Å². The van der Waals surface area contributed by atoms with Crippen molar-refractivity contribution in [3.8, 4) is 0 Å². The number of hydrogen-bond acceptors (Lipinski definition) is 3. The maximum atomic E-state index is 12.7. The van der Waals surface area contributed by atoms with Crippen molar-refractivity contribution in [3.63, 3.8) is 0 Å². The summed E-state index contributed by atoms with van der Waals surface area (Å²) < 4.78 is 26.6. The Kier molecular flexibility index (Phi) is 4.49. The van der Waals surface area contributed by atoms with Crippen LogP contribution >= 0.6 is 0 Å². The van der Waals surface area contributed by atoms with Crippen molar-refractivity contribution >= 4 is 22.1 Å². The van der Waals surface area contributed by atoms with E-state index in [1.807, 2.05) is 0 Å². The summed E-state index contributed by atoms with van der Waals surface area (Å²) in [6.45, 7) is 5.65. The number of sulfonamides is 1. The largest absolute Gasteiger partial charge is 0.481 e. The van der Waals surface area contributed by atoms with E-state index in [0.29, 0.717) is 19.4 Å². The second-order valence-corrected chi connectivity index (χ2v) is 7.11. The first kappa shape index (κ1) is 15.7. The van der Waals surface area contributed by atoms with E-state index in [9.17, 15) is 18.3 Å². The van der Waals surface area contributed by atoms with Crippen LogP contribution in [0.5, 0.6) is 0 Å². The Bertz CT molecular complexity index is 636. The predicted octanol–water partition coefficient (Wildman–Crippen LogP) is 2.20. The van der Waals surface area contributed by atoms with Gasteiger partial charge in [-0.2, -0.15) is 4.31 Å². The van der Waals surface area contributed by atoms with Crippen molar-refractivity contribution in [2.45, 2.75) is 30.7 Å². The maximum absolute atomic E-state index is 12.7. The molecular weight excluding hydrogens is 290 g/mol. The number of carbonyl (C=O) groups is 1. The molecule has 0 saturated carbocycles. The molecule has 2 atom stereocenters. The van der Waals surface area contributed by atoms with Crippen LogP contribution in [0.4, 0.5) is 0 Å². The van der Waals surface area contributed by atoms with Crippen molar-refractivity contribution in [1.29, 1.82) is 0 Å². The summed E-state index contributed by atoms with van der Waals surface area (Å²) in [5, 5.41) is 9.20. The van der Waals surface area contributed by atoms with Gasteiger partial charge in [-0.05, 0) is 37.5 Å². The fourth-order valence-electron chi connectivity index (χ4n) is 2.69. The molecule has 0 amide bonds. The highest BCUT2D eigenvalue weighted by Crippen LogP contribution is 2.29. The third kappa shape index (κ3) is 3.01. The van der Waals surface area contributed by atoms with E-state index in [1.165, 1.54) is 16.4 Å². The van der Waals surface area contributed by atoms with E-state index in [2.05, 4.69) is 6.58 Å². The van der Waals surface area contributed by atoms with Gasteiger partial charge in [0.15, 0.2) is 0 Å². The molecule has 1 fully saturated rings. The van der Waals surface area contributed by atoms with Gasteiger partial charge in [-0.25, -0.2) is 8.42 Å². The zero-order valence-corrected chi connectivity index (χ0v) is 12.7. The Morgan fingerprint density at radius 1 is 1.38 bits per heavy atom. The number of benzene rings is 1. The Labute approximate surface area is 124 Å². The lowest BCUT2D eigenvalue weighted by Crippen LogP contribution is -2.48. The van der Waals surface area contributed by atoms with Gasteiger partial charge < -0.3 is 5.11 Å². The van der Waals surface area contributed by atoms with Crippen LogP contribution in [0.2, 0.25) is 0 Å². The average molecular weight is 309 g/mol. The van der Waals surface area contributed by atoms with Gasteiger partial charge in [0.2, 0.25) is 10.0 Å². The van der Waals surface area contributed by atoms with Crippen LogP contribution in [-0.2, 0) is 14.8 Å². The molecule has 1 aromatic rings. The van der Waals surface area contributed by atoms with Crippen molar-refractivity contribution in [2.24, 2.45) is 5.92 Å². The van der Waals surface area contributed by atoms with Crippen molar-refractivity contribution in [2.75, 3.05) is 6.54 Å². The molecule has 2 rings (SSSR count). The monoisotopic (exact) mass is 309 g/mol. The van der Waals surface area contributed by atoms with Crippen molar-refractivity contribution in [1.82, 2.24) is 4.31 Å². The van der Waals surface area contributed by atoms with Crippen LogP contribution in [0.3, 0.4) is 0 Å². The third-order valence-corrected chi connectivity index (χ3v) is 5.97. The predicted molar refractivity (Wildman–Crippen MR) is 80.2 cm³/mol. The second kappa shape index (κ2) is 5.99. The highest BCUT2D eigenvalue weighted by Gasteiger charge is 2.39. The first-order valence-corrected chi connectivity index (χ1v) is 8.29. The molecular formula is C15H19NO4S. The molecule has 1 heterocycles. The molecule has 0 aromatic heterocycles. The van der Waals surface area contributed by atoms with Gasteiger partial charge in [-0.15, -0.1) is 0 Å². The molecule has 1 aliphatic rings. The molecule has 1 aromatic carbocycles. The zero-order valence-electron chi connectivity index (χ0n) is 11.9. The fourth-order valence-corrected chi connectivity index (χ4v) is 4.40. The van der Waals surface area contributed by atoms with Gasteiger partial charge in [0, 0.05) is 12.6 Å². The fraction of sp³-hybridized carbons (Fsp3) is 0.400. The molecule has 0 unspecified atom stereocenters. The first-order valence-electron chi connectivity index (χ1n) is 6.85. The SMILES string of the molecule is C=Cc1ccc(S(=O)(=O)N2CCC[C@@H](C(=O)O)[C@H]2C)cc1. The lowest BCUT2D eigenvalue weighted by Gasteiger charge is -2.36. The average Bonchev–Trinajstić information content (AvgIpc) is 2.47. The minimum Gasteiger partial charge on any atom is -0.481 e. The molecule has 0 bridgehead atoms. The van der Waals surface area contributed by atoms with Gasteiger partial charge in [-0.1, -0.05) is 24.8 Å². The van der Waals surface area contributed by atoms with Gasteiger partial charge in [0.05, 0.1) is 10.8 Å². The van der Waals surface area contributed by atoms with Crippen LogP contribution in [0, 0.1) is 5.92 Å². The normalized spacial score (nSPS) is 23.7. The standard InChI is InChI=1S/C15H19NO4S/c1-3-12-6-8-13(9-7-12)21(19,20)16-10-4-5-14(11(16)2)15(17)18/h3,6-9,11,14H,1,4-5,10H2,2H3,(H,17,18)/t11-,14-/m1/s1. The minimum atomic E-state index is -3.67. The highest BCUT2D eigenvalue weighted by atomic mass is 32.2. The molecule has 0 spiro atoms. The lowest BCUT2D eigenvalue weighted by molar-refractivity contribution is -0.144. The minimum absolute atomic E-state index is 0.186. The van der Waals surface area contributed by atoms with Gasteiger partial charge in [0.1, 0.15) is 0 Å². The second-order valence-electron chi connectivity index (χ2n) is 5.22. The molecule has 1 saturated heterocycles. The smallest absolute Gasteiger partial charge is 0.308 e. The summed E-state index contributed by atoms with van der Waals surface area (Å²) in [4.78, 5) is 11.4. The summed E-state index contributed by atoms with van der Waals surface area (Å²) in [6, 6.07) is 5.89. The molecule has 0 aliphatic carbocycles. The zero-order chi connectivity index (χ0) is 15.6. The van der Waals surface area contributed by atoms with Gasteiger partial charge in [0.25, 0.3) is 0 Å². The Balaban J connectivity index is 2.33. The number of aliphatic carboxylic acids is 1. The van der Waals surface area contributed by atoms with E-state index in [-0.39, 0.29) is 4.90 Å². The summed E-state index contributed by atoms with van der Waals surface area (Å²) in [6.07, 6.45) is 2.71. The Morgan fingerprint density at radius 2 is 2.00 bits per heavy atom. The third-order valence-electron chi connectivity index (χ3n) is 3.97. The van der Waals surface area contributed by atoms with E-state index >= 15 is 0 Å². The van der Waals surface area contributed by atoms with E-state index in [4.69, 9.17) is 0 Å².